The summed E-state index contributed by atoms with van der Waals surface area (Å²) >= 11 is 12.5. The Morgan fingerprint density at radius 3 is 2.50 bits per heavy atom. The molecule has 0 N–H and O–H groups in total. The first-order valence-electron chi connectivity index (χ1n) is 8.30. The maximum Gasteiger partial charge on any atom is 0.138 e. The van der Waals surface area contributed by atoms with Crippen LogP contribution < -0.4 is 4.74 Å². The molecule has 0 fully saturated rings. The molecule has 132 valence electrons. The summed E-state index contributed by atoms with van der Waals surface area (Å²) in [5.74, 6) is 0.621. The van der Waals surface area contributed by atoms with Crippen LogP contribution in [0.1, 0.15) is 22.3 Å². The molecule has 26 heavy (non-hydrogen) atoms. The Bertz CT molecular complexity index is 951. The highest BCUT2D eigenvalue weighted by molar-refractivity contribution is 6.32. The van der Waals surface area contributed by atoms with Crippen LogP contribution in [0.3, 0.4) is 0 Å². The van der Waals surface area contributed by atoms with Gasteiger partial charge in [-0.1, -0.05) is 53.5 Å². The van der Waals surface area contributed by atoms with Gasteiger partial charge < -0.3 is 4.74 Å². The molecule has 0 bridgehead atoms. The summed E-state index contributed by atoms with van der Waals surface area (Å²) in [5, 5.41) is 1.22. The van der Waals surface area contributed by atoms with Crippen LogP contribution in [-0.2, 0) is 6.61 Å². The molecule has 3 rings (SSSR count). The van der Waals surface area contributed by atoms with Gasteiger partial charge in [0.25, 0.3) is 0 Å². The number of hydrogen-bond acceptors (Lipinski definition) is 2. The molecule has 0 saturated heterocycles. The van der Waals surface area contributed by atoms with Crippen molar-refractivity contribution in [3.8, 4) is 5.75 Å². The molecule has 0 aliphatic heterocycles. The highest BCUT2D eigenvalue weighted by Gasteiger charge is 2.05. The van der Waals surface area contributed by atoms with Gasteiger partial charge in [0.15, 0.2) is 0 Å². The van der Waals surface area contributed by atoms with Crippen molar-refractivity contribution in [1.82, 2.24) is 0 Å². The van der Waals surface area contributed by atoms with E-state index in [-0.39, 0.29) is 0 Å². The zero-order chi connectivity index (χ0) is 18.5. The molecule has 3 aromatic carbocycles. The highest BCUT2D eigenvalue weighted by Crippen LogP contribution is 2.27. The quantitative estimate of drug-likeness (QED) is 0.437. The molecule has 2 nitrogen and oxygen atoms in total. The summed E-state index contributed by atoms with van der Waals surface area (Å²) in [5.41, 5.74) is 5.20. The van der Waals surface area contributed by atoms with Gasteiger partial charge in [-0.25, -0.2) is 0 Å². The van der Waals surface area contributed by atoms with Gasteiger partial charge in [-0.3, -0.25) is 4.99 Å². The normalized spacial score (nSPS) is 11.1. The fraction of sp³-hybridized carbons (Fsp3) is 0.136. The Hall–Kier alpha value is -2.29. The van der Waals surface area contributed by atoms with E-state index in [1.165, 1.54) is 11.1 Å². The van der Waals surface area contributed by atoms with Gasteiger partial charge in [0.05, 0.1) is 10.7 Å². The lowest BCUT2D eigenvalue weighted by atomic mass is 10.1. The van der Waals surface area contributed by atoms with E-state index in [0.717, 1.165) is 16.8 Å². The first kappa shape index (κ1) is 18.5. The molecule has 0 radical (unpaired) electrons. The topological polar surface area (TPSA) is 21.6 Å². The monoisotopic (exact) mass is 383 g/mol. The third-order valence-corrected chi connectivity index (χ3v) is 4.89. The largest absolute Gasteiger partial charge is 0.487 e. The zero-order valence-corrected chi connectivity index (χ0v) is 16.2. The van der Waals surface area contributed by atoms with Crippen molar-refractivity contribution in [2.75, 3.05) is 0 Å². The van der Waals surface area contributed by atoms with Crippen LogP contribution in [0.25, 0.3) is 0 Å². The second kappa shape index (κ2) is 8.39. The molecule has 4 heteroatoms. The standard InChI is InChI=1S/C22H19Cl2NO/c1-15-6-5-9-21(16(15)2)25-13-17-10-11-22(20(24)12-17)26-14-18-7-3-4-8-19(18)23/h3-13H,14H2,1-2H3. The van der Waals surface area contributed by atoms with Crippen LogP contribution in [0.15, 0.2) is 65.7 Å². The van der Waals surface area contributed by atoms with E-state index in [4.69, 9.17) is 27.9 Å². The Labute approximate surface area is 164 Å². The van der Waals surface area contributed by atoms with Gasteiger partial charge >= 0.3 is 0 Å². The second-order valence-electron chi connectivity index (χ2n) is 6.05. The molecule has 0 aromatic heterocycles. The molecule has 0 aliphatic rings. The average Bonchev–Trinajstić information content (AvgIpc) is 2.63. The summed E-state index contributed by atoms with van der Waals surface area (Å²) in [6.07, 6.45) is 1.81. The maximum absolute atomic E-state index is 6.35. The molecule has 0 spiro atoms. The Morgan fingerprint density at radius 2 is 1.73 bits per heavy atom. The zero-order valence-electron chi connectivity index (χ0n) is 14.7. The van der Waals surface area contributed by atoms with Crippen LogP contribution in [0.4, 0.5) is 5.69 Å². The van der Waals surface area contributed by atoms with E-state index in [9.17, 15) is 0 Å². The molecule has 0 heterocycles. The second-order valence-corrected chi connectivity index (χ2v) is 6.86. The number of rotatable bonds is 5. The minimum absolute atomic E-state index is 0.370. The predicted molar refractivity (Wildman–Crippen MR) is 110 cm³/mol. The van der Waals surface area contributed by atoms with Crippen molar-refractivity contribution < 1.29 is 4.74 Å². The van der Waals surface area contributed by atoms with Crippen LogP contribution in [0, 0.1) is 13.8 Å². The molecule has 0 amide bonds. The highest BCUT2D eigenvalue weighted by atomic mass is 35.5. The molecule has 0 saturated carbocycles. The molecule has 0 aliphatic carbocycles. The van der Waals surface area contributed by atoms with Crippen molar-refractivity contribution in [2.24, 2.45) is 4.99 Å². The lowest BCUT2D eigenvalue weighted by Crippen LogP contribution is -1.97. The predicted octanol–water partition coefficient (Wildman–Crippen LogP) is 6.94. The van der Waals surface area contributed by atoms with Gasteiger partial charge in [-0.05, 0) is 60.9 Å². The van der Waals surface area contributed by atoms with Gasteiger partial charge in [-0.2, -0.15) is 0 Å². The Morgan fingerprint density at radius 1 is 0.923 bits per heavy atom. The Balaban J connectivity index is 1.72. The van der Waals surface area contributed by atoms with Gasteiger partial charge in [-0.15, -0.1) is 0 Å². The third kappa shape index (κ3) is 4.46. The Kier molecular flexibility index (Phi) is 5.97. The summed E-state index contributed by atoms with van der Waals surface area (Å²) in [6.45, 7) is 4.52. The van der Waals surface area contributed by atoms with Crippen molar-refractivity contribution >= 4 is 35.1 Å². The van der Waals surface area contributed by atoms with E-state index in [0.29, 0.717) is 22.4 Å². The summed E-state index contributed by atoms with van der Waals surface area (Å²) < 4.78 is 5.80. The summed E-state index contributed by atoms with van der Waals surface area (Å²) in [7, 11) is 0. The van der Waals surface area contributed by atoms with Crippen LogP contribution in [-0.4, -0.2) is 6.21 Å². The number of benzene rings is 3. The lowest BCUT2D eigenvalue weighted by molar-refractivity contribution is 0.306. The average molecular weight is 384 g/mol. The van der Waals surface area contributed by atoms with E-state index in [1.54, 1.807) is 0 Å². The van der Waals surface area contributed by atoms with Crippen molar-refractivity contribution in [3.63, 3.8) is 0 Å². The number of halogens is 2. The van der Waals surface area contributed by atoms with Gasteiger partial charge in [0.1, 0.15) is 12.4 Å². The van der Waals surface area contributed by atoms with Crippen molar-refractivity contribution in [1.29, 1.82) is 0 Å². The molecule has 3 aromatic rings. The smallest absolute Gasteiger partial charge is 0.138 e. The lowest BCUT2D eigenvalue weighted by Gasteiger charge is -2.10. The third-order valence-electron chi connectivity index (χ3n) is 4.23. The summed E-state index contributed by atoms with van der Waals surface area (Å²) in [6, 6.07) is 19.3. The van der Waals surface area contributed by atoms with Crippen molar-refractivity contribution in [3.05, 3.63) is 93.0 Å². The fourth-order valence-corrected chi connectivity index (χ4v) is 2.94. The van der Waals surface area contributed by atoms with E-state index in [2.05, 4.69) is 24.9 Å². The maximum atomic E-state index is 6.35. The number of aliphatic imine (C=N–C) groups is 1. The summed E-state index contributed by atoms with van der Waals surface area (Å²) in [4.78, 5) is 4.57. The molecular formula is C22H19Cl2NO. The van der Waals surface area contributed by atoms with Gasteiger partial charge in [0, 0.05) is 16.8 Å². The van der Waals surface area contributed by atoms with E-state index in [1.807, 2.05) is 60.8 Å². The van der Waals surface area contributed by atoms with Gasteiger partial charge in [0.2, 0.25) is 0 Å². The fourth-order valence-electron chi connectivity index (χ4n) is 2.50. The number of aryl methyl sites for hydroxylation is 1. The SMILES string of the molecule is Cc1cccc(N=Cc2ccc(OCc3ccccc3Cl)c(Cl)c2)c1C. The van der Waals surface area contributed by atoms with E-state index < -0.39 is 0 Å². The van der Waals surface area contributed by atoms with Crippen molar-refractivity contribution in [2.45, 2.75) is 20.5 Å². The molecule has 0 unspecified atom stereocenters. The minimum Gasteiger partial charge on any atom is -0.487 e. The van der Waals surface area contributed by atoms with Crippen LogP contribution in [0.2, 0.25) is 10.0 Å². The van der Waals surface area contributed by atoms with Crippen LogP contribution in [0.5, 0.6) is 5.75 Å². The first-order valence-corrected chi connectivity index (χ1v) is 9.06. The van der Waals surface area contributed by atoms with E-state index >= 15 is 0 Å². The molecule has 0 atom stereocenters. The van der Waals surface area contributed by atoms with Crippen LogP contribution >= 0.6 is 23.2 Å². The first-order chi connectivity index (χ1) is 12.5. The number of hydrogen-bond donors (Lipinski definition) is 0. The number of nitrogens with zero attached hydrogens (tertiary/aromatic N) is 1. The number of ether oxygens (including phenoxy) is 1. The minimum atomic E-state index is 0.370. The molecular weight excluding hydrogens is 365 g/mol.